The Balaban J connectivity index is 1.30. The number of carbonyl (C=O) groups excluding carboxylic acids is 3. The van der Waals surface area contributed by atoms with Gasteiger partial charge in [-0.15, -0.1) is 0 Å². The first-order chi connectivity index (χ1) is 16.4. The second kappa shape index (κ2) is 10.7. The van der Waals surface area contributed by atoms with Gasteiger partial charge in [0.25, 0.3) is 5.91 Å². The van der Waals surface area contributed by atoms with Gasteiger partial charge in [0.1, 0.15) is 6.42 Å². The van der Waals surface area contributed by atoms with Gasteiger partial charge >= 0.3 is 0 Å². The number of amides is 3. The normalized spacial score (nSPS) is 13.5. The third kappa shape index (κ3) is 5.37. The summed E-state index contributed by atoms with van der Waals surface area (Å²) in [6.07, 6.45) is -0.199. The van der Waals surface area contributed by atoms with Gasteiger partial charge in [-0.1, -0.05) is 54.6 Å². The SMILES string of the molecule is CN(C(=O)CC(=O)N1CCN(C(=O)c2ccccc2Br)CC1)c1ccc(-c2ccccc2)cc1. The average Bonchev–Trinajstić information content (AvgIpc) is 2.89. The Hall–Kier alpha value is -3.45. The van der Waals surface area contributed by atoms with Crippen LogP contribution in [0, 0.1) is 0 Å². The zero-order valence-corrected chi connectivity index (χ0v) is 20.6. The van der Waals surface area contributed by atoms with Crippen LogP contribution in [0.1, 0.15) is 16.8 Å². The van der Waals surface area contributed by atoms with E-state index in [4.69, 9.17) is 0 Å². The monoisotopic (exact) mass is 519 g/mol. The van der Waals surface area contributed by atoms with Gasteiger partial charge in [-0.05, 0) is 51.3 Å². The molecule has 0 N–H and O–H groups in total. The Kier molecular flexibility index (Phi) is 7.43. The van der Waals surface area contributed by atoms with E-state index in [2.05, 4.69) is 15.9 Å². The fourth-order valence-electron chi connectivity index (χ4n) is 3.98. The van der Waals surface area contributed by atoms with Gasteiger partial charge in [-0.3, -0.25) is 14.4 Å². The molecule has 0 saturated carbocycles. The topological polar surface area (TPSA) is 60.9 Å². The lowest BCUT2D eigenvalue weighted by molar-refractivity contribution is -0.136. The number of anilines is 1. The molecule has 34 heavy (non-hydrogen) atoms. The zero-order valence-electron chi connectivity index (χ0n) is 19.0. The summed E-state index contributed by atoms with van der Waals surface area (Å²) >= 11 is 3.42. The first-order valence-corrected chi connectivity index (χ1v) is 12.0. The Bertz CT molecular complexity index is 1170. The van der Waals surface area contributed by atoms with Crippen LogP contribution < -0.4 is 4.90 Å². The molecule has 174 valence electrons. The standard InChI is InChI=1S/C27H26BrN3O3/c1-29(22-13-11-21(12-14-22)20-7-3-2-4-8-20)25(32)19-26(33)30-15-17-31(18-16-30)27(34)23-9-5-6-10-24(23)28/h2-14H,15-19H2,1H3. The van der Waals surface area contributed by atoms with E-state index in [0.29, 0.717) is 31.7 Å². The number of nitrogens with zero attached hydrogens (tertiary/aromatic N) is 3. The summed E-state index contributed by atoms with van der Waals surface area (Å²) in [4.78, 5) is 43.2. The highest BCUT2D eigenvalue weighted by molar-refractivity contribution is 9.10. The molecule has 0 bridgehead atoms. The molecule has 0 atom stereocenters. The van der Waals surface area contributed by atoms with Gasteiger partial charge in [0.05, 0.1) is 5.56 Å². The molecule has 4 rings (SSSR count). The lowest BCUT2D eigenvalue weighted by Gasteiger charge is -2.35. The van der Waals surface area contributed by atoms with E-state index >= 15 is 0 Å². The van der Waals surface area contributed by atoms with Crippen molar-refractivity contribution >= 4 is 39.3 Å². The van der Waals surface area contributed by atoms with Crippen LogP contribution in [-0.2, 0) is 9.59 Å². The van der Waals surface area contributed by atoms with Crippen LogP contribution in [-0.4, -0.2) is 60.7 Å². The Morgan fingerprint density at radius 2 is 1.32 bits per heavy atom. The number of hydrogen-bond donors (Lipinski definition) is 0. The van der Waals surface area contributed by atoms with E-state index in [9.17, 15) is 14.4 Å². The van der Waals surface area contributed by atoms with Crippen molar-refractivity contribution in [3.8, 4) is 11.1 Å². The fraction of sp³-hybridized carbons (Fsp3) is 0.222. The molecule has 1 aliphatic rings. The van der Waals surface area contributed by atoms with Crippen molar-refractivity contribution in [3.63, 3.8) is 0 Å². The summed E-state index contributed by atoms with van der Waals surface area (Å²) in [6.45, 7) is 1.71. The van der Waals surface area contributed by atoms with Gasteiger partial charge in [0, 0.05) is 43.4 Å². The molecule has 0 spiro atoms. The van der Waals surface area contributed by atoms with Crippen LogP contribution in [0.2, 0.25) is 0 Å². The largest absolute Gasteiger partial charge is 0.339 e. The van der Waals surface area contributed by atoms with Crippen molar-refractivity contribution in [2.45, 2.75) is 6.42 Å². The van der Waals surface area contributed by atoms with Crippen LogP contribution in [0.3, 0.4) is 0 Å². The van der Waals surface area contributed by atoms with Gasteiger partial charge in [0.15, 0.2) is 0 Å². The van der Waals surface area contributed by atoms with Gasteiger partial charge < -0.3 is 14.7 Å². The summed E-state index contributed by atoms with van der Waals surface area (Å²) in [6, 6.07) is 25.0. The van der Waals surface area contributed by atoms with Crippen molar-refractivity contribution in [2.24, 2.45) is 0 Å². The van der Waals surface area contributed by atoms with Crippen LogP contribution in [0.25, 0.3) is 11.1 Å². The molecule has 7 heteroatoms. The number of rotatable bonds is 5. The first-order valence-electron chi connectivity index (χ1n) is 11.2. The molecule has 1 aliphatic heterocycles. The predicted octanol–water partition coefficient (Wildman–Crippen LogP) is 4.45. The number of halogens is 1. The number of piperazine rings is 1. The van der Waals surface area contributed by atoms with Crippen LogP contribution in [0.15, 0.2) is 83.3 Å². The minimum Gasteiger partial charge on any atom is -0.339 e. The van der Waals surface area contributed by atoms with E-state index in [-0.39, 0.29) is 24.1 Å². The van der Waals surface area contributed by atoms with Crippen molar-refractivity contribution in [2.75, 3.05) is 38.1 Å². The van der Waals surface area contributed by atoms with Crippen molar-refractivity contribution in [3.05, 3.63) is 88.9 Å². The number of hydrogen-bond acceptors (Lipinski definition) is 3. The minimum absolute atomic E-state index is 0.0608. The van der Waals surface area contributed by atoms with Crippen molar-refractivity contribution < 1.29 is 14.4 Å². The van der Waals surface area contributed by atoms with E-state index in [1.165, 1.54) is 4.90 Å². The molecule has 1 fully saturated rings. The summed E-state index contributed by atoms with van der Waals surface area (Å²) in [5.41, 5.74) is 3.52. The molecule has 3 aromatic carbocycles. The molecule has 0 aromatic heterocycles. The van der Waals surface area contributed by atoms with Gasteiger partial charge in [-0.25, -0.2) is 0 Å². The highest BCUT2D eigenvalue weighted by Gasteiger charge is 2.27. The maximum absolute atomic E-state index is 12.8. The van der Waals surface area contributed by atoms with Crippen molar-refractivity contribution in [1.82, 2.24) is 9.80 Å². The molecular weight excluding hydrogens is 494 g/mol. The second-order valence-electron chi connectivity index (χ2n) is 8.20. The third-order valence-electron chi connectivity index (χ3n) is 6.06. The molecule has 1 heterocycles. The maximum Gasteiger partial charge on any atom is 0.255 e. The summed E-state index contributed by atoms with van der Waals surface area (Å²) < 4.78 is 0.754. The summed E-state index contributed by atoms with van der Waals surface area (Å²) in [5.74, 6) is -0.538. The summed E-state index contributed by atoms with van der Waals surface area (Å²) in [7, 11) is 1.68. The highest BCUT2D eigenvalue weighted by Crippen LogP contribution is 2.23. The van der Waals surface area contributed by atoms with Gasteiger partial charge in [-0.2, -0.15) is 0 Å². The molecule has 0 radical (unpaired) electrons. The van der Waals surface area contributed by atoms with Crippen LogP contribution in [0.5, 0.6) is 0 Å². The third-order valence-corrected chi connectivity index (χ3v) is 6.75. The average molecular weight is 520 g/mol. The number of carbonyl (C=O) groups is 3. The molecule has 3 amide bonds. The molecule has 6 nitrogen and oxygen atoms in total. The lowest BCUT2D eigenvalue weighted by Crippen LogP contribution is -2.51. The van der Waals surface area contributed by atoms with E-state index in [1.807, 2.05) is 72.8 Å². The number of benzene rings is 3. The Labute approximate surface area is 207 Å². The Morgan fingerprint density at radius 3 is 1.97 bits per heavy atom. The van der Waals surface area contributed by atoms with E-state index in [0.717, 1.165) is 21.3 Å². The first kappa shape index (κ1) is 23.7. The van der Waals surface area contributed by atoms with Crippen LogP contribution >= 0.6 is 15.9 Å². The quantitative estimate of drug-likeness (QED) is 0.467. The maximum atomic E-state index is 12.8. The Morgan fingerprint density at radius 1 is 0.765 bits per heavy atom. The van der Waals surface area contributed by atoms with Gasteiger partial charge in [0.2, 0.25) is 11.8 Å². The molecule has 0 unspecified atom stereocenters. The minimum atomic E-state index is -0.260. The molecule has 3 aromatic rings. The molecular formula is C27H26BrN3O3. The lowest BCUT2D eigenvalue weighted by atomic mass is 10.1. The second-order valence-corrected chi connectivity index (χ2v) is 9.05. The summed E-state index contributed by atoms with van der Waals surface area (Å²) in [5, 5.41) is 0. The smallest absolute Gasteiger partial charge is 0.255 e. The highest BCUT2D eigenvalue weighted by atomic mass is 79.9. The van der Waals surface area contributed by atoms with E-state index in [1.54, 1.807) is 22.9 Å². The predicted molar refractivity (Wildman–Crippen MR) is 137 cm³/mol. The van der Waals surface area contributed by atoms with E-state index < -0.39 is 0 Å². The molecule has 1 saturated heterocycles. The zero-order chi connectivity index (χ0) is 24.1. The fourth-order valence-corrected chi connectivity index (χ4v) is 4.43. The van der Waals surface area contributed by atoms with Crippen LogP contribution in [0.4, 0.5) is 5.69 Å². The van der Waals surface area contributed by atoms with Crippen molar-refractivity contribution in [1.29, 1.82) is 0 Å². The molecule has 0 aliphatic carbocycles.